The largest absolute Gasteiger partial charge is 0.392 e. The van der Waals surface area contributed by atoms with Gasteiger partial charge in [0, 0.05) is 44.7 Å². The van der Waals surface area contributed by atoms with Crippen LogP contribution in [0.15, 0.2) is 23.8 Å². The molecule has 1 saturated heterocycles. The van der Waals surface area contributed by atoms with E-state index in [0.29, 0.717) is 13.0 Å². The van der Waals surface area contributed by atoms with Crippen molar-refractivity contribution in [3.05, 3.63) is 30.2 Å². The molecule has 0 spiro atoms. The van der Waals surface area contributed by atoms with Crippen LogP contribution in [-0.4, -0.2) is 52.9 Å². The van der Waals surface area contributed by atoms with Gasteiger partial charge in [-0.25, -0.2) is 6.42 Å². The molecule has 7 heteroatoms. The molecule has 0 aromatic heterocycles. The minimum absolute atomic E-state index is 0. The molecule has 6 nitrogen and oxygen atoms in total. The Kier molecular flexibility index (Phi) is 6.11. The van der Waals surface area contributed by atoms with E-state index in [1.54, 1.807) is 19.1 Å². The van der Waals surface area contributed by atoms with E-state index in [1.165, 1.54) is 0 Å². The Morgan fingerprint density at radius 3 is 2.55 bits per heavy atom. The van der Waals surface area contributed by atoms with Crippen molar-refractivity contribution < 1.29 is 57.3 Å². The van der Waals surface area contributed by atoms with Crippen molar-refractivity contribution in [1.29, 1.82) is 0 Å². The molecule has 177 valence electrons. The van der Waals surface area contributed by atoms with Gasteiger partial charge in [-0.2, -0.15) is 11.6 Å². The van der Waals surface area contributed by atoms with Gasteiger partial charge in [0.15, 0.2) is 5.78 Å². The second kappa shape index (κ2) is 7.93. The number of aliphatic hydroxyl groups is 2. The predicted octanol–water partition coefficient (Wildman–Crippen LogP) is 1.80. The Morgan fingerprint density at radius 2 is 1.91 bits per heavy atom. The van der Waals surface area contributed by atoms with Gasteiger partial charge in [0.1, 0.15) is 12.4 Å². The monoisotopic (exact) mass is 529 g/mol. The van der Waals surface area contributed by atoms with Crippen LogP contribution >= 0.6 is 0 Å². The molecule has 4 fully saturated rings. The Bertz CT molecular complexity index is 976. The summed E-state index contributed by atoms with van der Waals surface area (Å²) in [5.74, 6) is -0.177. The molecule has 1 aliphatic heterocycles. The van der Waals surface area contributed by atoms with Crippen LogP contribution in [-0.2, 0) is 47.1 Å². The number of fused-ring (bicyclic) bond motifs is 7. The maximum absolute atomic E-state index is 13.4. The normalized spacial score (nSPS) is 49.6. The summed E-state index contributed by atoms with van der Waals surface area (Å²) in [4.78, 5) is 37.9. The van der Waals surface area contributed by atoms with Gasteiger partial charge in [-0.3, -0.25) is 9.59 Å². The van der Waals surface area contributed by atoms with Gasteiger partial charge in [-0.15, -0.1) is 0 Å². The summed E-state index contributed by atoms with van der Waals surface area (Å²) < 4.78 is 0. The number of hydrogen-bond donors (Lipinski definition) is 3. The maximum Gasteiger partial charge on any atom is 0.166 e. The van der Waals surface area contributed by atoms with Crippen LogP contribution in [0.4, 0.5) is 0 Å². The van der Waals surface area contributed by atoms with Crippen molar-refractivity contribution in [3.63, 3.8) is 0 Å². The van der Waals surface area contributed by atoms with Crippen molar-refractivity contribution in [2.75, 3.05) is 13.2 Å². The zero-order valence-corrected chi connectivity index (χ0v) is 22.8. The van der Waals surface area contributed by atoms with Crippen LogP contribution in [0.1, 0.15) is 47.0 Å². The van der Waals surface area contributed by atoms with Crippen LogP contribution in [0, 0.1) is 45.8 Å². The first-order valence-electron chi connectivity index (χ1n) is 11.8. The summed E-state index contributed by atoms with van der Waals surface area (Å²) in [5, 5.41) is 25.0. The minimum atomic E-state index is -0.861. The van der Waals surface area contributed by atoms with E-state index in [2.05, 4.69) is 32.5 Å². The molecule has 3 N–H and O–H groups in total. The van der Waals surface area contributed by atoms with Gasteiger partial charge in [-0.1, -0.05) is 33.3 Å². The van der Waals surface area contributed by atoms with E-state index < -0.39 is 40.4 Å². The third-order valence-electron chi connectivity index (χ3n) is 10.8. The predicted molar refractivity (Wildman–Crippen MR) is 118 cm³/mol. The molecular formula is C26H34NO5Y-. The number of nitrogens with one attached hydrogen (secondary N) is 1. The number of aliphatic hydroxyl groups excluding tert-OH is 2. The fourth-order valence-corrected chi connectivity index (χ4v) is 8.92. The molecular weight excluding hydrogens is 495 g/mol. The van der Waals surface area contributed by atoms with Gasteiger partial charge in [-0.05, 0) is 54.4 Å². The average Bonchev–Trinajstić information content (AvgIpc) is 3.24. The Morgan fingerprint density at radius 1 is 1.21 bits per heavy atom. The summed E-state index contributed by atoms with van der Waals surface area (Å²) >= 11 is 0. The molecule has 4 aliphatic carbocycles. The summed E-state index contributed by atoms with van der Waals surface area (Å²) in [6.45, 7) is 7.73. The molecule has 5 rings (SSSR count). The van der Waals surface area contributed by atoms with Crippen molar-refractivity contribution in [2.45, 2.75) is 59.1 Å². The Labute approximate surface area is 220 Å². The quantitative estimate of drug-likeness (QED) is 0.482. The molecule has 2 unspecified atom stereocenters. The number of Topliss-reactive ketones (excluding diaryl/α,β-unsaturated/α-hetero) is 2. The fourth-order valence-electron chi connectivity index (χ4n) is 8.92. The van der Waals surface area contributed by atoms with Crippen LogP contribution in [0.5, 0.6) is 0 Å². The zero-order chi connectivity index (χ0) is 23.3. The average molecular weight is 529 g/mol. The van der Waals surface area contributed by atoms with Crippen LogP contribution in [0.2, 0.25) is 0 Å². The van der Waals surface area contributed by atoms with E-state index in [4.69, 9.17) is 0 Å². The zero-order valence-electron chi connectivity index (χ0n) is 19.9. The summed E-state index contributed by atoms with van der Waals surface area (Å²) in [6, 6.07) is -0.401. The molecule has 0 aromatic rings. The van der Waals surface area contributed by atoms with Crippen molar-refractivity contribution in [1.82, 2.24) is 5.32 Å². The van der Waals surface area contributed by atoms with E-state index in [9.17, 15) is 24.6 Å². The number of rotatable bonds is 3. The molecule has 9 atom stereocenters. The van der Waals surface area contributed by atoms with Gasteiger partial charge >= 0.3 is 0 Å². The first kappa shape index (κ1) is 25.4. The third-order valence-corrected chi connectivity index (χ3v) is 10.8. The number of ketones is 3. The first-order chi connectivity index (χ1) is 15.0. The van der Waals surface area contributed by atoms with E-state index in [0.717, 1.165) is 18.4 Å². The van der Waals surface area contributed by atoms with Gasteiger partial charge in [0.2, 0.25) is 0 Å². The topological polar surface area (TPSA) is 104 Å². The Balaban J connectivity index is 0.00000259. The van der Waals surface area contributed by atoms with E-state index >= 15 is 0 Å². The summed E-state index contributed by atoms with van der Waals surface area (Å²) in [6.07, 6.45) is 8.60. The molecule has 1 heterocycles. The van der Waals surface area contributed by atoms with Crippen molar-refractivity contribution in [3.8, 4) is 0 Å². The fraction of sp³-hybridized carbons (Fsp3) is 0.692. The SMILES string of the molecule is CC(=O)C1NC[C@]2(C(=O)CO)[C@H]1C[C@H]1C3C[CH-]C4=CC(=O)C=C[C@]4(C)[C@@]3(C)[C@@H](O)C[C@@]12C.[Y]. The van der Waals surface area contributed by atoms with Crippen LogP contribution < -0.4 is 5.32 Å². The number of carbonyl (C=O) groups excluding carboxylic acids is 3. The number of hydrogen-bond acceptors (Lipinski definition) is 6. The van der Waals surface area contributed by atoms with Gasteiger partial charge in [0.25, 0.3) is 0 Å². The van der Waals surface area contributed by atoms with Crippen LogP contribution in [0.3, 0.4) is 0 Å². The van der Waals surface area contributed by atoms with Crippen LogP contribution in [0.25, 0.3) is 0 Å². The number of carbonyl (C=O) groups is 3. The summed E-state index contributed by atoms with van der Waals surface area (Å²) in [7, 11) is 0. The van der Waals surface area contributed by atoms with E-state index in [-0.39, 0.29) is 67.8 Å². The van der Waals surface area contributed by atoms with Gasteiger partial charge < -0.3 is 20.3 Å². The van der Waals surface area contributed by atoms with Crippen molar-refractivity contribution in [2.24, 2.45) is 39.4 Å². The molecule has 33 heavy (non-hydrogen) atoms. The minimum Gasteiger partial charge on any atom is -0.392 e. The number of allylic oxidation sites excluding steroid dienone is 4. The molecule has 0 aromatic carbocycles. The smallest absolute Gasteiger partial charge is 0.166 e. The molecule has 1 radical (unpaired) electrons. The molecule has 5 aliphatic rings. The summed E-state index contributed by atoms with van der Waals surface area (Å²) in [5.41, 5.74) is -1.41. The second-order valence-corrected chi connectivity index (χ2v) is 11.5. The first-order valence-corrected chi connectivity index (χ1v) is 11.8. The Hall–Kier alpha value is -0.656. The van der Waals surface area contributed by atoms with Gasteiger partial charge in [0.05, 0.1) is 23.3 Å². The standard InChI is InChI=1S/C26H34NO5.Y/c1-14(29)22-19-10-18-17-6-5-15-9-16(30)7-8-23(15,2)25(17,4)20(31)11-24(18,3)26(19,13-27-22)21(32)12-28;/h5,7-9,17-20,22,27-28,31H,6,10-13H2,1-4H3;/q-1;/t17?,18-,19-,20-,22?,23-,24-,25+,26+;/m0./s1. The molecule has 3 saturated carbocycles. The third kappa shape index (κ3) is 2.85. The maximum atomic E-state index is 13.4. The van der Waals surface area contributed by atoms with E-state index in [1.807, 2.05) is 6.08 Å². The second-order valence-electron chi connectivity index (χ2n) is 11.5. The molecule has 0 amide bonds. The molecule has 0 bridgehead atoms. The van der Waals surface area contributed by atoms with Crippen molar-refractivity contribution >= 4 is 17.3 Å².